The van der Waals surface area contributed by atoms with Gasteiger partial charge in [-0.1, -0.05) is 23.2 Å². The number of carboxylic acids is 1. The van der Waals surface area contributed by atoms with Gasteiger partial charge in [0.05, 0.1) is 32.3 Å². The second-order valence-corrected chi connectivity index (χ2v) is 9.32. The molecular formula is C19H19Cl2N5O4S. The number of anilines is 2. The molecule has 164 valence electrons. The molecule has 0 unspecified atom stereocenters. The van der Waals surface area contributed by atoms with Gasteiger partial charge in [0.2, 0.25) is 0 Å². The first-order valence-corrected chi connectivity index (χ1v) is 11.5. The van der Waals surface area contributed by atoms with E-state index in [2.05, 4.69) is 20.7 Å². The van der Waals surface area contributed by atoms with Crippen molar-refractivity contribution in [3.05, 3.63) is 46.1 Å². The van der Waals surface area contributed by atoms with Gasteiger partial charge >= 0.3 is 5.97 Å². The molecule has 31 heavy (non-hydrogen) atoms. The molecule has 1 aromatic heterocycles. The molecule has 3 rings (SSSR count). The van der Waals surface area contributed by atoms with Crippen molar-refractivity contribution in [3.8, 4) is 6.07 Å². The van der Waals surface area contributed by atoms with Crippen LogP contribution in [0.5, 0.6) is 0 Å². The summed E-state index contributed by atoms with van der Waals surface area (Å²) in [6, 6.07) is 7.24. The number of carbonyl (C=O) groups is 1. The van der Waals surface area contributed by atoms with E-state index in [0.29, 0.717) is 45.0 Å². The van der Waals surface area contributed by atoms with Crippen LogP contribution in [0, 0.1) is 11.3 Å². The number of pyridine rings is 1. The Balaban J connectivity index is 1.90. The van der Waals surface area contributed by atoms with Crippen LogP contribution in [0.3, 0.4) is 0 Å². The molecule has 9 nitrogen and oxygen atoms in total. The van der Waals surface area contributed by atoms with Crippen LogP contribution in [0.25, 0.3) is 0 Å². The van der Waals surface area contributed by atoms with Gasteiger partial charge < -0.3 is 10.0 Å². The monoisotopic (exact) mass is 483 g/mol. The Labute approximate surface area is 189 Å². The highest BCUT2D eigenvalue weighted by Gasteiger charge is 2.24. The second-order valence-electron chi connectivity index (χ2n) is 6.82. The lowest BCUT2D eigenvalue weighted by atomic mass is 10.2. The van der Waals surface area contributed by atoms with E-state index in [-0.39, 0.29) is 26.2 Å². The molecule has 0 radical (unpaired) electrons. The Hall–Kier alpha value is -2.58. The highest BCUT2D eigenvalue weighted by atomic mass is 35.5. The summed E-state index contributed by atoms with van der Waals surface area (Å²) in [6.07, 6.45) is 1.62. The number of aromatic carboxylic acids is 1. The number of aromatic nitrogens is 1. The van der Waals surface area contributed by atoms with Gasteiger partial charge in [-0.2, -0.15) is 5.26 Å². The van der Waals surface area contributed by atoms with E-state index in [9.17, 15) is 18.3 Å². The van der Waals surface area contributed by atoms with Crippen LogP contribution in [0.15, 0.2) is 35.4 Å². The van der Waals surface area contributed by atoms with Gasteiger partial charge in [0.25, 0.3) is 10.0 Å². The SMILES string of the molecule is N#CCCN1CCN(c2ncc(C(=O)O)cc2NS(=O)(=O)c2ccc(Cl)c(Cl)c2)CC1. The van der Waals surface area contributed by atoms with Crippen LogP contribution < -0.4 is 9.62 Å². The number of hydrogen-bond acceptors (Lipinski definition) is 7. The summed E-state index contributed by atoms with van der Waals surface area (Å²) in [7, 11) is -4.08. The normalized spacial score (nSPS) is 14.8. The maximum Gasteiger partial charge on any atom is 0.337 e. The molecule has 0 aliphatic carbocycles. The number of halogens is 2. The first kappa shape index (κ1) is 23.1. The summed E-state index contributed by atoms with van der Waals surface area (Å²) < 4.78 is 28.2. The number of carboxylic acid groups (broad SMARTS) is 1. The average molecular weight is 484 g/mol. The molecule has 1 aliphatic rings. The maximum atomic E-state index is 12.9. The molecule has 1 fully saturated rings. The van der Waals surface area contributed by atoms with E-state index in [1.807, 2.05) is 4.90 Å². The number of sulfonamides is 1. The molecule has 1 aromatic carbocycles. The number of piperazine rings is 1. The number of nitrogens with zero attached hydrogens (tertiary/aromatic N) is 4. The highest BCUT2D eigenvalue weighted by molar-refractivity contribution is 7.92. The zero-order valence-electron chi connectivity index (χ0n) is 16.3. The summed E-state index contributed by atoms with van der Waals surface area (Å²) in [4.78, 5) is 19.5. The molecule has 2 heterocycles. The number of rotatable bonds is 7. The Bertz CT molecular complexity index is 1130. The van der Waals surface area contributed by atoms with Crippen LogP contribution in [0.1, 0.15) is 16.8 Å². The third-order valence-electron chi connectivity index (χ3n) is 4.77. The van der Waals surface area contributed by atoms with E-state index in [1.165, 1.54) is 30.5 Å². The number of nitrogens with one attached hydrogen (secondary N) is 1. The highest BCUT2D eigenvalue weighted by Crippen LogP contribution is 2.30. The fraction of sp³-hybridized carbons (Fsp3) is 0.316. The van der Waals surface area contributed by atoms with Crippen molar-refractivity contribution < 1.29 is 18.3 Å². The van der Waals surface area contributed by atoms with Crippen LogP contribution in [-0.4, -0.2) is 62.1 Å². The van der Waals surface area contributed by atoms with E-state index in [1.54, 1.807) is 0 Å². The molecule has 0 spiro atoms. The van der Waals surface area contributed by atoms with E-state index >= 15 is 0 Å². The van der Waals surface area contributed by atoms with Crippen molar-refractivity contribution in [2.45, 2.75) is 11.3 Å². The molecule has 0 saturated carbocycles. The largest absolute Gasteiger partial charge is 0.478 e. The standard InChI is InChI=1S/C19H19Cl2N5O4S/c20-15-3-2-14(11-16(15)21)31(29,30)24-17-10-13(19(27)28)12-23-18(17)26-8-6-25(7-9-26)5-1-4-22/h2-3,10-12,24H,1,5-9H2,(H,27,28). The first-order chi connectivity index (χ1) is 14.7. The molecule has 2 N–H and O–H groups in total. The van der Waals surface area contributed by atoms with Crippen molar-refractivity contribution in [2.24, 2.45) is 0 Å². The lowest BCUT2D eigenvalue weighted by molar-refractivity contribution is 0.0696. The van der Waals surface area contributed by atoms with E-state index in [0.717, 1.165) is 0 Å². The predicted octanol–water partition coefficient (Wildman–Crippen LogP) is 2.92. The molecule has 0 amide bonds. The fourth-order valence-electron chi connectivity index (χ4n) is 3.14. The topological polar surface area (TPSA) is 127 Å². The lowest BCUT2D eigenvalue weighted by Gasteiger charge is -2.35. The average Bonchev–Trinajstić information content (AvgIpc) is 2.74. The molecule has 1 aliphatic heterocycles. The first-order valence-electron chi connectivity index (χ1n) is 9.27. The van der Waals surface area contributed by atoms with Crippen molar-refractivity contribution >= 4 is 50.7 Å². The molecule has 2 aromatic rings. The third-order valence-corrected chi connectivity index (χ3v) is 6.87. The van der Waals surface area contributed by atoms with Gasteiger partial charge in [-0.25, -0.2) is 18.2 Å². The minimum Gasteiger partial charge on any atom is -0.478 e. The van der Waals surface area contributed by atoms with Gasteiger partial charge in [-0.15, -0.1) is 0 Å². The van der Waals surface area contributed by atoms with E-state index in [4.69, 9.17) is 28.5 Å². The summed E-state index contributed by atoms with van der Waals surface area (Å²) >= 11 is 11.8. The summed E-state index contributed by atoms with van der Waals surface area (Å²) in [5, 5.41) is 18.3. The Kier molecular flexibility index (Phi) is 7.23. The van der Waals surface area contributed by atoms with Crippen molar-refractivity contribution in [1.29, 1.82) is 5.26 Å². The van der Waals surface area contributed by atoms with Crippen molar-refractivity contribution in [1.82, 2.24) is 9.88 Å². The zero-order chi connectivity index (χ0) is 22.6. The summed E-state index contributed by atoms with van der Waals surface area (Å²) in [5.74, 6) is -0.899. The van der Waals surface area contributed by atoms with Gasteiger partial charge in [-0.05, 0) is 24.3 Å². The quantitative estimate of drug-likeness (QED) is 0.615. The van der Waals surface area contributed by atoms with Crippen LogP contribution in [0.2, 0.25) is 10.0 Å². The number of hydrogen-bond donors (Lipinski definition) is 2. The Morgan fingerprint density at radius 2 is 1.90 bits per heavy atom. The predicted molar refractivity (Wildman–Crippen MR) is 117 cm³/mol. The molecule has 1 saturated heterocycles. The maximum absolute atomic E-state index is 12.9. The van der Waals surface area contributed by atoms with Crippen LogP contribution in [0.4, 0.5) is 11.5 Å². The number of benzene rings is 1. The summed E-state index contributed by atoms with van der Waals surface area (Å²) in [6.45, 7) is 3.09. The van der Waals surface area contributed by atoms with Gasteiger partial charge in [-0.3, -0.25) is 9.62 Å². The van der Waals surface area contributed by atoms with Gasteiger partial charge in [0.1, 0.15) is 0 Å². The van der Waals surface area contributed by atoms with Crippen LogP contribution >= 0.6 is 23.2 Å². The minimum atomic E-state index is -4.08. The molecule has 0 bridgehead atoms. The van der Waals surface area contributed by atoms with Crippen molar-refractivity contribution in [2.75, 3.05) is 42.3 Å². The van der Waals surface area contributed by atoms with Crippen LogP contribution in [-0.2, 0) is 10.0 Å². The molecular weight excluding hydrogens is 465 g/mol. The number of nitriles is 1. The lowest BCUT2D eigenvalue weighted by Crippen LogP contribution is -2.47. The minimum absolute atomic E-state index is 0.0523. The summed E-state index contributed by atoms with van der Waals surface area (Å²) in [5.41, 5.74) is -0.0975. The molecule has 0 atom stereocenters. The Morgan fingerprint density at radius 1 is 1.19 bits per heavy atom. The molecule has 12 heteroatoms. The van der Waals surface area contributed by atoms with E-state index < -0.39 is 16.0 Å². The van der Waals surface area contributed by atoms with Gasteiger partial charge in [0.15, 0.2) is 5.82 Å². The second kappa shape index (κ2) is 9.70. The third kappa shape index (κ3) is 5.57. The van der Waals surface area contributed by atoms with Gasteiger partial charge in [0, 0.05) is 45.3 Å². The smallest absolute Gasteiger partial charge is 0.337 e. The van der Waals surface area contributed by atoms with Crippen molar-refractivity contribution in [3.63, 3.8) is 0 Å². The zero-order valence-corrected chi connectivity index (χ0v) is 18.6. The Morgan fingerprint density at radius 3 is 2.52 bits per heavy atom. The fourth-order valence-corrected chi connectivity index (χ4v) is 4.58.